The third-order valence-corrected chi connectivity index (χ3v) is 2.65. The molecule has 0 spiro atoms. The van der Waals surface area contributed by atoms with Crippen LogP contribution in [0.1, 0.15) is 0 Å². The van der Waals surface area contributed by atoms with Gasteiger partial charge < -0.3 is 5.32 Å². The first-order valence-electron chi connectivity index (χ1n) is 2.93. The number of anilines is 1. The van der Waals surface area contributed by atoms with Gasteiger partial charge in [-0.05, 0) is 28.1 Å². The van der Waals surface area contributed by atoms with Crippen LogP contribution in [0.5, 0.6) is 0 Å². The van der Waals surface area contributed by atoms with Crippen molar-refractivity contribution in [3.63, 3.8) is 0 Å². The van der Waals surface area contributed by atoms with Gasteiger partial charge in [-0.2, -0.15) is 0 Å². The van der Waals surface area contributed by atoms with Crippen LogP contribution >= 0.6 is 28.6 Å². The van der Waals surface area contributed by atoms with Gasteiger partial charge in [-0.3, -0.25) is 4.79 Å². The topological polar surface area (TPSA) is 29.1 Å². The molecule has 4 heteroatoms. The van der Waals surface area contributed by atoms with Crippen LogP contribution in [0.25, 0.3) is 0 Å². The molecule has 1 amide bonds. The fourth-order valence-electron chi connectivity index (χ4n) is 0.695. The van der Waals surface area contributed by atoms with Crippen molar-refractivity contribution in [3.05, 3.63) is 22.7 Å². The maximum atomic E-state index is 10.1. The lowest BCUT2D eigenvalue weighted by atomic mass is 10.3. The number of carbonyl (C=O) groups is 1. The number of halogens is 1. The summed E-state index contributed by atoms with van der Waals surface area (Å²) in [5.41, 5.74) is 0.706. The summed E-state index contributed by atoms with van der Waals surface area (Å²) >= 11 is 7.46. The van der Waals surface area contributed by atoms with Gasteiger partial charge in [-0.15, -0.1) is 12.6 Å². The first-order valence-corrected chi connectivity index (χ1v) is 4.17. The fourth-order valence-corrected chi connectivity index (χ4v) is 1.28. The quantitative estimate of drug-likeness (QED) is 0.594. The van der Waals surface area contributed by atoms with Crippen LogP contribution in [-0.2, 0) is 4.79 Å². The lowest BCUT2D eigenvalue weighted by molar-refractivity contribution is -0.105. The van der Waals surface area contributed by atoms with Gasteiger partial charge >= 0.3 is 0 Å². The molecule has 0 aromatic heterocycles. The number of hydrogen-bond donors (Lipinski definition) is 2. The van der Waals surface area contributed by atoms with Crippen molar-refractivity contribution in [1.82, 2.24) is 0 Å². The zero-order valence-corrected chi connectivity index (χ0v) is 8.02. The Morgan fingerprint density at radius 1 is 1.55 bits per heavy atom. The zero-order valence-electron chi connectivity index (χ0n) is 5.54. The molecule has 0 bridgehead atoms. The van der Waals surface area contributed by atoms with Crippen LogP contribution in [0.4, 0.5) is 5.69 Å². The van der Waals surface area contributed by atoms with E-state index in [0.29, 0.717) is 12.1 Å². The van der Waals surface area contributed by atoms with E-state index in [2.05, 4.69) is 33.9 Å². The molecule has 0 saturated carbocycles. The van der Waals surface area contributed by atoms with Crippen LogP contribution in [0.3, 0.4) is 0 Å². The number of carbonyl (C=O) groups excluding carboxylic acids is 1. The summed E-state index contributed by atoms with van der Waals surface area (Å²) in [5.74, 6) is 0. The lowest BCUT2D eigenvalue weighted by Gasteiger charge is -2.03. The van der Waals surface area contributed by atoms with Crippen molar-refractivity contribution < 1.29 is 4.79 Å². The predicted octanol–water partition coefficient (Wildman–Crippen LogP) is 2.31. The Balaban J connectivity index is 3.05. The molecular formula is C7H6BrNOS. The van der Waals surface area contributed by atoms with Crippen LogP contribution in [0.15, 0.2) is 27.6 Å². The highest BCUT2D eigenvalue weighted by Crippen LogP contribution is 2.27. The minimum Gasteiger partial charge on any atom is -0.328 e. The van der Waals surface area contributed by atoms with E-state index in [4.69, 9.17) is 0 Å². The van der Waals surface area contributed by atoms with Crippen LogP contribution in [-0.4, -0.2) is 6.41 Å². The summed E-state index contributed by atoms with van der Waals surface area (Å²) in [6.45, 7) is 0. The maximum Gasteiger partial charge on any atom is 0.211 e. The van der Waals surface area contributed by atoms with Crippen molar-refractivity contribution >= 4 is 40.7 Å². The molecule has 0 aliphatic rings. The molecule has 1 N–H and O–H groups in total. The molecule has 0 fully saturated rings. The smallest absolute Gasteiger partial charge is 0.211 e. The average Bonchev–Trinajstić information content (AvgIpc) is 1.99. The Morgan fingerprint density at radius 3 is 2.91 bits per heavy atom. The molecular weight excluding hydrogens is 226 g/mol. The maximum absolute atomic E-state index is 10.1. The molecule has 58 valence electrons. The second kappa shape index (κ2) is 3.78. The second-order valence-corrected chi connectivity index (χ2v) is 3.20. The Kier molecular flexibility index (Phi) is 2.96. The molecule has 1 aromatic carbocycles. The van der Waals surface area contributed by atoms with E-state index < -0.39 is 0 Å². The first-order chi connectivity index (χ1) is 5.25. The van der Waals surface area contributed by atoms with Gasteiger partial charge in [0.15, 0.2) is 0 Å². The minimum absolute atomic E-state index is 0.626. The van der Waals surface area contributed by atoms with Gasteiger partial charge in [-0.25, -0.2) is 0 Å². The van der Waals surface area contributed by atoms with Gasteiger partial charge in [0.25, 0.3) is 0 Å². The van der Waals surface area contributed by atoms with Crippen molar-refractivity contribution in [2.24, 2.45) is 0 Å². The van der Waals surface area contributed by atoms with E-state index >= 15 is 0 Å². The zero-order chi connectivity index (χ0) is 8.27. The molecule has 2 nitrogen and oxygen atoms in total. The fraction of sp³-hybridized carbons (Fsp3) is 0. The van der Waals surface area contributed by atoms with Crippen molar-refractivity contribution in [2.45, 2.75) is 4.90 Å². The molecule has 0 unspecified atom stereocenters. The van der Waals surface area contributed by atoms with Crippen molar-refractivity contribution in [3.8, 4) is 0 Å². The molecule has 1 aromatic rings. The van der Waals surface area contributed by atoms with Gasteiger partial charge in [-0.1, -0.05) is 6.07 Å². The van der Waals surface area contributed by atoms with Gasteiger partial charge in [0, 0.05) is 9.37 Å². The number of amides is 1. The number of benzene rings is 1. The van der Waals surface area contributed by atoms with E-state index in [1.165, 1.54) is 0 Å². The molecule has 0 radical (unpaired) electrons. The van der Waals surface area contributed by atoms with Gasteiger partial charge in [0.2, 0.25) is 6.41 Å². The van der Waals surface area contributed by atoms with Gasteiger partial charge in [0.05, 0.1) is 5.69 Å². The van der Waals surface area contributed by atoms with E-state index in [1.807, 2.05) is 12.1 Å². The highest BCUT2D eigenvalue weighted by molar-refractivity contribution is 9.10. The number of rotatable bonds is 2. The summed E-state index contributed by atoms with van der Waals surface area (Å²) in [7, 11) is 0. The largest absolute Gasteiger partial charge is 0.328 e. The summed E-state index contributed by atoms with van der Waals surface area (Å²) in [4.78, 5) is 10.8. The second-order valence-electron chi connectivity index (χ2n) is 1.90. The number of nitrogens with one attached hydrogen (secondary N) is 1. The minimum atomic E-state index is 0.626. The normalized spacial score (nSPS) is 9.27. The Labute approximate surface area is 78.5 Å². The van der Waals surface area contributed by atoms with Crippen molar-refractivity contribution in [2.75, 3.05) is 5.32 Å². The molecule has 0 heterocycles. The van der Waals surface area contributed by atoms with E-state index in [1.54, 1.807) is 6.07 Å². The van der Waals surface area contributed by atoms with Gasteiger partial charge in [0.1, 0.15) is 0 Å². The number of thiol groups is 1. The van der Waals surface area contributed by atoms with Crippen LogP contribution in [0.2, 0.25) is 0 Å². The lowest BCUT2D eigenvalue weighted by Crippen LogP contribution is -1.94. The van der Waals surface area contributed by atoms with Crippen molar-refractivity contribution in [1.29, 1.82) is 0 Å². The Hall–Kier alpha value is -0.480. The first kappa shape index (κ1) is 8.62. The highest BCUT2D eigenvalue weighted by Gasteiger charge is 1.99. The molecule has 0 atom stereocenters. The summed E-state index contributed by atoms with van der Waals surface area (Å²) in [6, 6.07) is 5.47. The third-order valence-electron chi connectivity index (χ3n) is 1.20. The van der Waals surface area contributed by atoms with E-state index in [9.17, 15) is 4.79 Å². The molecule has 0 aliphatic carbocycles. The predicted molar refractivity (Wildman–Crippen MR) is 51.1 cm³/mol. The Bertz CT molecular complexity index is 277. The summed E-state index contributed by atoms with van der Waals surface area (Å²) in [5, 5.41) is 2.53. The van der Waals surface area contributed by atoms with Crippen LogP contribution < -0.4 is 5.32 Å². The summed E-state index contributed by atoms with van der Waals surface area (Å²) < 4.78 is 0.868. The molecule has 0 saturated heterocycles. The summed E-state index contributed by atoms with van der Waals surface area (Å²) in [6.07, 6.45) is 0.626. The monoisotopic (exact) mass is 231 g/mol. The molecule has 1 rings (SSSR count). The molecule has 0 aliphatic heterocycles. The number of hydrogen-bond acceptors (Lipinski definition) is 2. The van der Waals surface area contributed by atoms with Crippen LogP contribution in [0, 0.1) is 0 Å². The standard InChI is InChI=1S/C7H6BrNOS/c8-5-2-1-3-6(7(5)11)9-4-10/h1-4,11H,(H,9,10). The van der Waals surface area contributed by atoms with E-state index in [-0.39, 0.29) is 0 Å². The third kappa shape index (κ3) is 1.97. The average molecular weight is 232 g/mol. The highest BCUT2D eigenvalue weighted by atomic mass is 79.9. The molecule has 11 heavy (non-hydrogen) atoms. The SMILES string of the molecule is O=CNc1cccc(Br)c1S. The van der Waals surface area contributed by atoms with E-state index in [0.717, 1.165) is 9.37 Å². The Morgan fingerprint density at radius 2 is 2.27 bits per heavy atom.